The van der Waals surface area contributed by atoms with E-state index in [0.29, 0.717) is 0 Å². The second-order valence-electron chi connectivity index (χ2n) is 6.85. The van der Waals surface area contributed by atoms with Crippen LogP contribution in [0.2, 0.25) is 0 Å². The number of benzene rings is 3. The molecule has 0 amide bonds. The number of primary sulfonamides is 1. The van der Waals surface area contributed by atoms with Crippen LogP contribution in [0.15, 0.2) is 101 Å². The molecule has 6 heteroatoms. The van der Waals surface area contributed by atoms with E-state index < -0.39 is 10.0 Å². The smallest absolute Gasteiger partial charge is 0.238 e. The van der Waals surface area contributed by atoms with Crippen LogP contribution in [0.5, 0.6) is 0 Å². The van der Waals surface area contributed by atoms with Crippen molar-refractivity contribution in [3.8, 4) is 0 Å². The predicted molar refractivity (Wildman–Crippen MR) is 117 cm³/mol. The monoisotopic (exact) mass is 403 g/mol. The van der Waals surface area contributed by atoms with Crippen molar-refractivity contribution in [3.05, 3.63) is 102 Å². The first-order chi connectivity index (χ1) is 14.0. The summed E-state index contributed by atoms with van der Waals surface area (Å²) >= 11 is 0. The van der Waals surface area contributed by atoms with Gasteiger partial charge in [0.2, 0.25) is 10.0 Å². The van der Waals surface area contributed by atoms with Gasteiger partial charge in [0, 0.05) is 6.42 Å². The molecular weight excluding hydrogens is 382 g/mol. The fraction of sp³-hybridized carbons (Fsp3) is 0.0870. The van der Waals surface area contributed by atoms with Crippen LogP contribution in [0, 0.1) is 0 Å². The second kappa shape index (κ2) is 8.03. The normalized spacial score (nSPS) is 16.9. The van der Waals surface area contributed by atoms with Gasteiger partial charge in [-0.1, -0.05) is 66.7 Å². The standard InChI is InChI=1S/C23H21N3O2S/c24-29(27,28)22-15-13-21(14-16-22)26-23(19-9-5-2-6-10-19)17-20(25-26)12-11-18-7-3-1-4-8-18/h1-16,23H,17H2,(H2,24,27,28)/b12-11+. The van der Waals surface area contributed by atoms with Crippen LogP contribution in [0.1, 0.15) is 23.6 Å². The summed E-state index contributed by atoms with van der Waals surface area (Å²) in [6, 6.07) is 26.8. The third kappa shape index (κ3) is 4.45. The quantitative estimate of drug-likeness (QED) is 0.688. The Bertz CT molecular complexity index is 1140. The van der Waals surface area contributed by atoms with E-state index in [9.17, 15) is 8.42 Å². The lowest BCUT2D eigenvalue weighted by Gasteiger charge is -2.24. The van der Waals surface area contributed by atoms with Crippen LogP contribution in [-0.2, 0) is 10.0 Å². The first kappa shape index (κ1) is 19.1. The number of anilines is 1. The summed E-state index contributed by atoms with van der Waals surface area (Å²) in [5.74, 6) is 0. The molecule has 3 aromatic rings. The Balaban J connectivity index is 1.66. The van der Waals surface area contributed by atoms with E-state index in [4.69, 9.17) is 10.2 Å². The minimum absolute atomic E-state index is 0.0342. The van der Waals surface area contributed by atoms with Crippen molar-refractivity contribution >= 4 is 27.5 Å². The van der Waals surface area contributed by atoms with Crippen LogP contribution >= 0.6 is 0 Å². The number of allylic oxidation sites excluding steroid dienone is 1. The molecule has 0 radical (unpaired) electrons. The van der Waals surface area contributed by atoms with Gasteiger partial charge in [0.25, 0.3) is 0 Å². The Hall–Kier alpha value is -3.22. The molecule has 4 rings (SSSR count). The highest BCUT2D eigenvalue weighted by molar-refractivity contribution is 7.89. The highest BCUT2D eigenvalue weighted by Gasteiger charge is 2.28. The molecule has 1 atom stereocenters. The Morgan fingerprint density at radius 2 is 1.48 bits per heavy atom. The minimum Gasteiger partial charge on any atom is -0.257 e. The number of sulfonamides is 1. The molecule has 29 heavy (non-hydrogen) atoms. The van der Waals surface area contributed by atoms with Gasteiger partial charge in [-0.2, -0.15) is 5.10 Å². The summed E-state index contributed by atoms with van der Waals surface area (Å²) in [7, 11) is -3.72. The predicted octanol–water partition coefficient (Wildman–Crippen LogP) is 4.35. The molecule has 0 bridgehead atoms. The molecule has 1 heterocycles. The third-order valence-corrected chi connectivity index (χ3v) is 5.75. The average molecular weight is 404 g/mol. The van der Waals surface area contributed by atoms with Crippen molar-refractivity contribution in [2.24, 2.45) is 10.2 Å². The van der Waals surface area contributed by atoms with Gasteiger partial charge in [-0.25, -0.2) is 13.6 Å². The fourth-order valence-electron chi connectivity index (χ4n) is 3.35. The van der Waals surface area contributed by atoms with Gasteiger partial charge in [-0.05, 0) is 41.5 Å². The lowest BCUT2D eigenvalue weighted by molar-refractivity contribution is 0.597. The summed E-state index contributed by atoms with van der Waals surface area (Å²) in [6.07, 6.45) is 4.84. The maximum Gasteiger partial charge on any atom is 0.238 e. The zero-order valence-corrected chi connectivity index (χ0v) is 16.5. The van der Waals surface area contributed by atoms with Crippen molar-refractivity contribution < 1.29 is 8.42 Å². The lowest BCUT2D eigenvalue weighted by atomic mass is 10.0. The topological polar surface area (TPSA) is 75.8 Å². The molecule has 0 spiro atoms. The van der Waals surface area contributed by atoms with Gasteiger partial charge >= 0.3 is 0 Å². The number of nitrogens with zero attached hydrogens (tertiary/aromatic N) is 2. The molecular formula is C23H21N3O2S. The molecule has 1 unspecified atom stereocenters. The first-order valence-corrected chi connectivity index (χ1v) is 10.8. The van der Waals surface area contributed by atoms with E-state index in [1.54, 1.807) is 12.1 Å². The Morgan fingerprint density at radius 1 is 0.862 bits per heavy atom. The molecule has 1 aliphatic heterocycles. The maximum atomic E-state index is 11.6. The van der Waals surface area contributed by atoms with Gasteiger partial charge in [-0.3, -0.25) is 5.01 Å². The van der Waals surface area contributed by atoms with Crippen LogP contribution in [0.3, 0.4) is 0 Å². The van der Waals surface area contributed by atoms with Gasteiger partial charge in [0.15, 0.2) is 0 Å². The second-order valence-corrected chi connectivity index (χ2v) is 8.41. The molecule has 2 N–H and O–H groups in total. The molecule has 0 saturated heterocycles. The Kier molecular flexibility index (Phi) is 5.29. The zero-order chi connectivity index (χ0) is 20.3. The van der Waals surface area contributed by atoms with E-state index in [-0.39, 0.29) is 10.9 Å². The molecule has 5 nitrogen and oxygen atoms in total. The van der Waals surface area contributed by atoms with E-state index in [0.717, 1.165) is 28.9 Å². The van der Waals surface area contributed by atoms with E-state index in [1.165, 1.54) is 12.1 Å². The average Bonchev–Trinajstić information content (AvgIpc) is 3.17. The molecule has 0 aliphatic carbocycles. The summed E-state index contributed by atoms with van der Waals surface area (Å²) in [5.41, 5.74) is 4.03. The van der Waals surface area contributed by atoms with Crippen molar-refractivity contribution in [2.45, 2.75) is 17.4 Å². The van der Waals surface area contributed by atoms with Crippen LogP contribution in [-0.4, -0.2) is 14.1 Å². The number of nitrogens with two attached hydrogens (primary N) is 1. The summed E-state index contributed by atoms with van der Waals surface area (Å²) in [4.78, 5) is 0.0879. The number of hydrogen-bond donors (Lipinski definition) is 1. The maximum absolute atomic E-state index is 11.6. The summed E-state index contributed by atoms with van der Waals surface area (Å²) in [5, 5.41) is 12.0. The highest BCUT2D eigenvalue weighted by atomic mass is 32.2. The summed E-state index contributed by atoms with van der Waals surface area (Å²) in [6.45, 7) is 0. The van der Waals surface area contributed by atoms with E-state index in [2.05, 4.69) is 18.2 Å². The van der Waals surface area contributed by atoms with E-state index >= 15 is 0 Å². The first-order valence-electron chi connectivity index (χ1n) is 9.28. The highest BCUT2D eigenvalue weighted by Crippen LogP contribution is 2.35. The largest absolute Gasteiger partial charge is 0.257 e. The molecule has 0 saturated carbocycles. The number of hydrogen-bond acceptors (Lipinski definition) is 4. The number of rotatable bonds is 5. The lowest BCUT2D eigenvalue weighted by Crippen LogP contribution is -2.19. The Labute approximate surface area is 170 Å². The van der Waals surface area contributed by atoms with Crippen molar-refractivity contribution in [3.63, 3.8) is 0 Å². The van der Waals surface area contributed by atoms with Gasteiger partial charge < -0.3 is 0 Å². The van der Waals surface area contributed by atoms with Crippen LogP contribution in [0.4, 0.5) is 5.69 Å². The van der Waals surface area contributed by atoms with E-state index in [1.807, 2.05) is 59.6 Å². The van der Waals surface area contributed by atoms with Gasteiger partial charge in [0.05, 0.1) is 22.3 Å². The van der Waals surface area contributed by atoms with Crippen molar-refractivity contribution in [2.75, 3.05) is 5.01 Å². The van der Waals surface area contributed by atoms with Crippen LogP contribution in [0.25, 0.3) is 6.08 Å². The number of hydrazone groups is 1. The molecule has 0 aromatic heterocycles. The molecule has 1 aliphatic rings. The fourth-order valence-corrected chi connectivity index (χ4v) is 3.87. The van der Waals surface area contributed by atoms with Crippen molar-refractivity contribution in [1.29, 1.82) is 0 Å². The van der Waals surface area contributed by atoms with Crippen molar-refractivity contribution in [1.82, 2.24) is 0 Å². The Morgan fingerprint density at radius 3 is 2.10 bits per heavy atom. The SMILES string of the molecule is NS(=O)(=O)c1ccc(N2N=C(/C=C/c3ccccc3)CC2c2ccccc2)cc1. The molecule has 3 aromatic carbocycles. The minimum atomic E-state index is -3.72. The third-order valence-electron chi connectivity index (χ3n) is 4.82. The molecule has 146 valence electrons. The zero-order valence-electron chi connectivity index (χ0n) is 15.7. The van der Waals surface area contributed by atoms with Crippen LogP contribution < -0.4 is 10.1 Å². The van der Waals surface area contributed by atoms with Gasteiger partial charge in [-0.15, -0.1) is 0 Å². The van der Waals surface area contributed by atoms with Gasteiger partial charge in [0.1, 0.15) is 0 Å². The molecule has 0 fully saturated rings. The summed E-state index contributed by atoms with van der Waals surface area (Å²) < 4.78 is 23.1.